The van der Waals surface area contributed by atoms with Crippen LogP contribution in [-0.4, -0.2) is 30.0 Å². The molecule has 1 aliphatic rings. The van der Waals surface area contributed by atoms with Crippen molar-refractivity contribution in [2.24, 2.45) is 5.92 Å². The highest BCUT2D eigenvalue weighted by molar-refractivity contribution is 5.91. The van der Waals surface area contributed by atoms with Crippen molar-refractivity contribution >= 4 is 12.0 Å². The maximum absolute atomic E-state index is 12.5. The summed E-state index contributed by atoms with van der Waals surface area (Å²) in [5.41, 5.74) is 2.38. The molecule has 2 aromatic rings. The third kappa shape index (κ3) is 5.99. The van der Waals surface area contributed by atoms with Crippen LogP contribution in [0.3, 0.4) is 0 Å². The van der Waals surface area contributed by atoms with Crippen LogP contribution >= 0.6 is 0 Å². The van der Waals surface area contributed by atoms with Crippen LogP contribution in [0.5, 0.6) is 5.75 Å². The molecule has 0 saturated carbocycles. The zero-order valence-corrected chi connectivity index (χ0v) is 16.3. The quantitative estimate of drug-likeness (QED) is 0.678. The smallest absolute Gasteiger partial charge is 0.246 e. The van der Waals surface area contributed by atoms with Gasteiger partial charge in [-0.05, 0) is 68.4 Å². The molecule has 142 valence electrons. The van der Waals surface area contributed by atoms with Crippen LogP contribution in [0.25, 0.3) is 6.08 Å². The molecule has 1 fully saturated rings. The molecule has 1 heterocycles. The molecule has 0 aromatic heterocycles. The first-order valence-electron chi connectivity index (χ1n) is 9.88. The van der Waals surface area contributed by atoms with Gasteiger partial charge in [0.15, 0.2) is 0 Å². The molecular weight excluding hydrogens is 334 g/mol. The van der Waals surface area contributed by atoms with E-state index < -0.39 is 0 Å². The monoisotopic (exact) mass is 363 g/mol. The first kappa shape index (κ1) is 19.2. The lowest BCUT2D eigenvalue weighted by Crippen LogP contribution is -2.37. The molecule has 2 aromatic carbocycles. The summed E-state index contributed by atoms with van der Waals surface area (Å²) in [4.78, 5) is 14.5. The van der Waals surface area contributed by atoms with Crippen molar-refractivity contribution in [3.8, 4) is 5.75 Å². The molecule has 0 atom stereocenters. The lowest BCUT2D eigenvalue weighted by atomic mass is 9.90. The van der Waals surface area contributed by atoms with Gasteiger partial charge in [-0.2, -0.15) is 0 Å². The highest BCUT2D eigenvalue weighted by atomic mass is 16.5. The van der Waals surface area contributed by atoms with Crippen LogP contribution in [0.1, 0.15) is 37.8 Å². The summed E-state index contributed by atoms with van der Waals surface area (Å²) in [7, 11) is 0. The van der Waals surface area contributed by atoms with Gasteiger partial charge >= 0.3 is 0 Å². The Morgan fingerprint density at radius 1 is 1.11 bits per heavy atom. The van der Waals surface area contributed by atoms with Gasteiger partial charge in [0, 0.05) is 19.2 Å². The van der Waals surface area contributed by atoms with Gasteiger partial charge in [0.1, 0.15) is 5.75 Å². The molecule has 0 N–H and O–H groups in total. The van der Waals surface area contributed by atoms with Crippen LogP contribution < -0.4 is 4.74 Å². The van der Waals surface area contributed by atoms with Crippen molar-refractivity contribution in [1.82, 2.24) is 4.90 Å². The molecule has 1 aliphatic heterocycles. The maximum Gasteiger partial charge on any atom is 0.246 e. The fraction of sp³-hybridized carbons (Fsp3) is 0.375. The van der Waals surface area contributed by atoms with E-state index >= 15 is 0 Å². The van der Waals surface area contributed by atoms with E-state index in [1.807, 2.05) is 49.1 Å². The number of hydrogen-bond donors (Lipinski definition) is 0. The van der Waals surface area contributed by atoms with Crippen LogP contribution in [0.2, 0.25) is 0 Å². The first-order chi connectivity index (χ1) is 13.1. The Labute approximate surface area is 162 Å². The third-order valence-corrected chi connectivity index (χ3v) is 4.94. The molecule has 27 heavy (non-hydrogen) atoms. The molecule has 0 radical (unpaired) electrons. The summed E-state index contributed by atoms with van der Waals surface area (Å²) < 4.78 is 5.71. The minimum Gasteiger partial charge on any atom is -0.491 e. The van der Waals surface area contributed by atoms with Crippen molar-refractivity contribution in [3.05, 3.63) is 71.8 Å². The average Bonchev–Trinajstić information content (AvgIpc) is 2.67. The van der Waals surface area contributed by atoms with Crippen molar-refractivity contribution in [2.45, 2.75) is 39.2 Å². The summed E-state index contributed by atoms with van der Waals surface area (Å²) in [5.74, 6) is 1.61. The summed E-state index contributed by atoms with van der Waals surface area (Å²) >= 11 is 0. The van der Waals surface area contributed by atoms with E-state index in [4.69, 9.17) is 4.74 Å². The number of ether oxygens (including phenoxy) is 1. The molecule has 0 unspecified atom stereocenters. The second-order valence-electron chi connectivity index (χ2n) is 7.53. The Kier molecular flexibility index (Phi) is 6.69. The Hall–Kier alpha value is -2.55. The summed E-state index contributed by atoms with van der Waals surface area (Å²) in [6.45, 7) is 5.70. The number of hydrogen-bond acceptors (Lipinski definition) is 2. The average molecular weight is 364 g/mol. The van der Waals surface area contributed by atoms with E-state index in [1.165, 1.54) is 5.56 Å². The molecule has 0 bridgehead atoms. The van der Waals surface area contributed by atoms with Crippen LogP contribution in [0.4, 0.5) is 0 Å². The number of nitrogens with zero attached hydrogens (tertiary/aromatic N) is 1. The standard InChI is InChI=1S/C24H29NO2/c1-19(2)27-23-10-6-9-21(18-23)11-12-24(26)25-15-13-22(14-16-25)17-20-7-4-3-5-8-20/h3-12,18-19,22H,13-17H2,1-2H3/b12-11+. The van der Waals surface area contributed by atoms with Gasteiger partial charge in [-0.15, -0.1) is 0 Å². The topological polar surface area (TPSA) is 29.5 Å². The predicted molar refractivity (Wildman–Crippen MR) is 111 cm³/mol. The number of benzene rings is 2. The Bertz CT molecular complexity index is 759. The number of amides is 1. The fourth-order valence-corrected chi connectivity index (χ4v) is 3.54. The third-order valence-electron chi connectivity index (χ3n) is 4.94. The zero-order valence-electron chi connectivity index (χ0n) is 16.3. The number of piperidine rings is 1. The predicted octanol–water partition coefficient (Wildman–Crippen LogP) is 4.97. The molecule has 3 nitrogen and oxygen atoms in total. The molecular formula is C24H29NO2. The van der Waals surface area contributed by atoms with Gasteiger partial charge in [-0.3, -0.25) is 4.79 Å². The van der Waals surface area contributed by atoms with E-state index in [-0.39, 0.29) is 12.0 Å². The minimum absolute atomic E-state index is 0.100. The van der Waals surface area contributed by atoms with Crippen molar-refractivity contribution in [3.63, 3.8) is 0 Å². The second kappa shape index (κ2) is 9.40. The molecule has 3 rings (SSSR count). The van der Waals surface area contributed by atoms with E-state index in [1.54, 1.807) is 6.08 Å². The van der Waals surface area contributed by atoms with Crippen molar-refractivity contribution in [2.75, 3.05) is 13.1 Å². The largest absolute Gasteiger partial charge is 0.491 e. The summed E-state index contributed by atoms with van der Waals surface area (Å²) in [6.07, 6.45) is 6.97. The normalized spacial score (nSPS) is 15.4. The lowest BCUT2D eigenvalue weighted by Gasteiger charge is -2.31. The molecule has 1 amide bonds. The molecule has 0 spiro atoms. The van der Waals surface area contributed by atoms with E-state index in [0.29, 0.717) is 5.92 Å². The van der Waals surface area contributed by atoms with Crippen LogP contribution in [0.15, 0.2) is 60.7 Å². The van der Waals surface area contributed by atoms with Gasteiger partial charge in [0.2, 0.25) is 5.91 Å². The Morgan fingerprint density at radius 2 is 1.85 bits per heavy atom. The number of carbonyl (C=O) groups is 1. The maximum atomic E-state index is 12.5. The number of likely N-dealkylation sites (tertiary alicyclic amines) is 1. The Balaban J connectivity index is 1.50. The van der Waals surface area contributed by atoms with Crippen molar-refractivity contribution in [1.29, 1.82) is 0 Å². The lowest BCUT2D eigenvalue weighted by molar-refractivity contribution is -0.127. The van der Waals surface area contributed by atoms with Gasteiger partial charge in [0.25, 0.3) is 0 Å². The van der Waals surface area contributed by atoms with E-state index in [9.17, 15) is 4.79 Å². The van der Waals surface area contributed by atoms with Gasteiger partial charge in [-0.25, -0.2) is 0 Å². The van der Waals surface area contributed by atoms with Crippen LogP contribution in [-0.2, 0) is 11.2 Å². The van der Waals surface area contributed by atoms with Crippen LogP contribution in [0, 0.1) is 5.92 Å². The second-order valence-corrected chi connectivity index (χ2v) is 7.53. The van der Waals surface area contributed by atoms with Crippen molar-refractivity contribution < 1.29 is 9.53 Å². The molecule has 1 saturated heterocycles. The first-order valence-corrected chi connectivity index (χ1v) is 9.88. The molecule has 0 aliphatic carbocycles. The summed E-state index contributed by atoms with van der Waals surface area (Å²) in [5, 5.41) is 0. The minimum atomic E-state index is 0.100. The van der Waals surface area contributed by atoms with Gasteiger partial charge in [-0.1, -0.05) is 42.5 Å². The molecule has 3 heteroatoms. The van der Waals surface area contributed by atoms with Gasteiger partial charge in [0.05, 0.1) is 6.10 Å². The SMILES string of the molecule is CC(C)Oc1cccc(/C=C/C(=O)N2CCC(Cc3ccccc3)CC2)c1. The highest BCUT2D eigenvalue weighted by Gasteiger charge is 2.21. The number of carbonyl (C=O) groups excluding carboxylic acids is 1. The number of rotatable bonds is 6. The zero-order chi connectivity index (χ0) is 19.1. The van der Waals surface area contributed by atoms with E-state index in [0.717, 1.165) is 43.7 Å². The fourth-order valence-electron chi connectivity index (χ4n) is 3.54. The van der Waals surface area contributed by atoms with Gasteiger partial charge < -0.3 is 9.64 Å². The highest BCUT2D eigenvalue weighted by Crippen LogP contribution is 2.22. The summed E-state index contributed by atoms with van der Waals surface area (Å²) in [6, 6.07) is 18.5. The Morgan fingerprint density at radius 3 is 2.56 bits per heavy atom. The van der Waals surface area contributed by atoms with E-state index in [2.05, 4.69) is 30.3 Å².